The van der Waals surface area contributed by atoms with Gasteiger partial charge in [0.15, 0.2) is 0 Å². The summed E-state index contributed by atoms with van der Waals surface area (Å²) in [6.45, 7) is 1.39. The van der Waals surface area contributed by atoms with E-state index < -0.39 is 6.03 Å². The molecule has 1 aromatic carbocycles. The van der Waals surface area contributed by atoms with Crippen LogP contribution >= 0.6 is 11.3 Å². The monoisotopic (exact) mass is 373 g/mol. The lowest BCUT2D eigenvalue weighted by molar-refractivity contribution is -0.132. The Labute approximate surface area is 156 Å². The third-order valence-electron chi connectivity index (χ3n) is 4.79. The standard InChI is InChI=1S/C19H23N3O3S/c20-19(25)21-16(17-2-1-11-26-17)12-18(24)22-9-7-14(8-10-22)13-3-5-15(23)6-4-13/h1-6,11,14,16,23H,7-10,12H2,(H3,20,21,25). The van der Waals surface area contributed by atoms with Crippen molar-refractivity contribution in [2.45, 2.75) is 31.2 Å². The molecule has 2 heterocycles. The minimum Gasteiger partial charge on any atom is -0.508 e. The lowest BCUT2D eigenvalue weighted by Crippen LogP contribution is -2.41. The fraction of sp³-hybridized carbons (Fsp3) is 0.368. The molecule has 3 rings (SSSR count). The van der Waals surface area contributed by atoms with Crippen LogP contribution in [0.15, 0.2) is 41.8 Å². The number of urea groups is 1. The highest BCUT2D eigenvalue weighted by Crippen LogP contribution is 2.30. The maximum absolute atomic E-state index is 12.7. The van der Waals surface area contributed by atoms with Crippen LogP contribution in [0.3, 0.4) is 0 Å². The van der Waals surface area contributed by atoms with Crippen molar-refractivity contribution in [3.63, 3.8) is 0 Å². The third-order valence-corrected chi connectivity index (χ3v) is 5.78. The lowest BCUT2D eigenvalue weighted by Gasteiger charge is -2.33. The van der Waals surface area contributed by atoms with E-state index in [0.29, 0.717) is 19.0 Å². The molecule has 1 unspecified atom stereocenters. The molecule has 4 N–H and O–H groups in total. The summed E-state index contributed by atoms with van der Waals surface area (Å²) in [5.41, 5.74) is 6.45. The number of benzene rings is 1. The predicted octanol–water partition coefficient (Wildman–Crippen LogP) is 2.96. The number of likely N-dealkylation sites (tertiary alicyclic amines) is 1. The smallest absolute Gasteiger partial charge is 0.312 e. The maximum Gasteiger partial charge on any atom is 0.312 e. The van der Waals surface area contributed by atoms with Gasteiger partial charge in [-0.2, -0.15) is 0 Å². The van der Waals surface area contributed by atoms with Crippen LogP contribution in [-0.4, -0.2) is 35.0 Å². The molecule has 0 spiro atoms. The quantitative estimate of drug-likeness (QED) is 0.752. The number of nitrogens with two attached hydrogens (primary N) is 1. The molecular formula is C19H23N3O3S. The van der Waals surface area contributed by atoms with Crippen LogP contribution in [0.4, 0.5) is 4.79 Å². The highest BCUT2D eigenvalue weighted by atomic mass is 32.1. The molecule has 1 aliphatic heterocycles. The van der Waals surface area contributed by atoms with Gasteiger partial charge in [-0.3, -0.25) is 4.79 Å². The van der Waals surface area contributed by atoms with Crippen LogP contribution in [0, 0.1) is 0 Å². The van der Waals surface area contributed by atoms with Gasteiger partial charge in [0.25, 0.3) is 0 Å². The SMILES string of the molecule is NC(=O)NC(CC(=O)N1CCC(c2ccc(O)cc2)CC1)c1cccs1. The minimum atomic E-state index is -0.623. The number of carbonyl (C=O) groups excluding carboxylic acids is 2. The van der Waals surface area contributed by atoms with Crippen LogP contribution in [0.2, 0.25) is 0 Å². The summed E-state index contributed by atoms with van der Waals surface area (Å²) in [7, 11) is 0. The van der Waals surface area contributed by atoms with Crippen molar-refractivity contribution < 1.29 is 14.7 Å². The summed E-state index contributed by atoms with van der Waals surface area (Å²) >= 11 is 1.50. The number of nitrogens with one attached hydrogen (secondary N) is 1. The van der Waals surface area contributed by atoms with Crippen LogP contribution < -0.4 is 11.1 Å². The molecule has 0 radical (unpaired) electrons. The van der Waals surface area contributed by atoms with Gasteiger partial charge in [-0.05, 0) is 47.9 Å². The number of primary amides is 1. The topological polar surface area (TPSA) is 95.7 Å². The van der Waals surface area contributed by atoms with Crippen molar-refractivity contribution in [3.05, 3.63) is 52.2 Å². The molecule has 1 fully saturated rings. The molecule has 1 saturated heterocycles. The molecule has 26 heavy (non-hydrogen) atoms. The van der Waals surface area contributed by atoms with Crippen LogP contribution in [0.25, 0.3) is 0 Å². The van der Waals surface area contributed by atoms with E-state index in [1.54, 1.807) is 12.1 Å². The van der Waals surface area contributed by atoms with E-state index in [-0.39, 0.29) is 24.1 Å². The number of phenols is 1. The second-order valence-electron chi connectivity index (χ2n) is 6.53. The number of amides is 3. The van der Waals surface area contributed by atoms with Gasteiger partial charge in [0, 0.05) is 18.0 Å². The molecule has 2 aromatic rings. The van der Waals surface area contributed by atoms with Crippen molar-refractivity contribution in [1.29, 1.82) is 0 Å². The summed E-state index contributed by atoms with van der Waals surface area (Å²) in [5, 5.41) is 14.0. The molecule has 0 saturated carbocycles. The number of carbonyl (C=O) groups is 2. The van der Waals surface area contributed by atoms with Crippen molar-refractivity contribution in [2.24, 2.45) is 5.73 Å². The van der Waals surface area contributed by atoms with Crippen molar-refractivity contribution >= 4 is 23.3 Å². The fourth-order valence-electron chi connectivity index (χ4n) is 3.40. The number of piperidine rings is 1. The van der Waals surface area contributed by atoms with Crippen LogP contribution in [0.1, 0.15) is 41.7 Å². The van der Waals surface area contributed by atoms with E-state index in [1.807, 2.05) is 34.5 Å². The van der Waals surface area contributed by atoms with Gasteiger partial charge < -0.3 is 21.1 Å². The second kappa shape index (κ2) is 8.23. The number of rotatable bonds is 5. The first-order chi connectivity index (χ1) is 12.5. The number of nitrogens with zero attached hydrogens (tertiary/aromatic N) is 1. The fourth-order valence-corrected chi connectivity index (χ4v) is 4.17. The summed E-state index contributed by atoms with van der Waals surface area (Å²) in [6.07, 6.45) is 2.00. The summed E-state index contributed by atoms with van der Waals surface area (Å²) in [5.74, 6) is 0.695. The third kappa shape index (κ3) is 4.54. The Morgan fingerprint density at radius 3 is 2.50 bits per heavy atom. The Morgan fingerprint density at radius 1 is 1.23 bits per heavy atom. The molecule has 6 nitrogen and oxygen atoms in total. The van der Waals surface area contributed by atoms with E-state index in [2.05, 4.69) is 5.32 Å². The lowest BCUT2D eigenvalue weighted by atomic mass is 9.89. The first-order valence-corrected chi connectivity index (χ1v) is 9.57. The number of hydrogen-bond acceptors (Lipinski definition) is 4. The maximum atomic E-state index is 12.7. The van der Waals surface area contributed by atoms with Gasteiger partial charge in [-0.1, -0.05) is 18.2 Å². The first-order valence-electron chi connectivity index (χ1n) is 8.69. The van der Waals surface area contributed by atoms with E-state index in [0.717, 1.165) is 17.7 Å². The average Bonchev–Trinajstić information content (AvgIpc) is 3.16. The molecule has 1 aliphatic rings. The van der Waals surface area contributed by atoms with Gasteiger partial charge in [0.2, 0.25) is 5.91 Å². The highest BCUT2D eigenvalue weighted by molar-refractivity contribution is 7.10. The van der Waals surface area contributed by atoms with Crippen LogP contribution in [0.5, 0.6) is 5.75 Å². The average molecular weight is 373 g/mol. The largest absolute Gasteiger partial charge is 0.508 e. The Balaban J connectivity index is 1.57. The zero-order valence-corrected chi connectivity index (χ0v) is 15.2. The number of phenolic OH excluding ortho intramolecular Hbond substituents is 1. The van der Waals surface area contributed by atoms with Gasteiger partial charge in [-0.25, -0.2) is 4.79 Å². The Bertz CT molecular complexity index is 738. The van der Waals surface area contributed by atoms with Gasteiger partial charge >= 0.3 is 6.03 Å². The molecule has 7 heteroatoms. The highest BCUT2D eigenvalue weighted by Gasteiger charge is 2.26. The zero-order valence-electron chi connectivity index (χ0n) is 14.4. The Morgan fingerprint density at radius 2 is 1.92 bits per heavy atom. The summed E-state index contributed by atoms with van der Waals surface area (Å²) in [4.78, 5) is 26.7. The predicted molar refractivity (Wildman–Crippen MR) is 101 cm³/mol. The number of thiophene rings is 1. The normalized spacial score (nSPS) is 16.2. The zero-order chi connectivity index (χ0) is 18.5. The molecule has 1 aromatic heterocycles. The minimum absolute atomic E-state index is 0.0290. The molecule has 1 atom stereocenters. The number of hydrogen-bond donors (Lipinski definition) is 3. The van der Waals surface area contributed by atoms with Crippen molar-refractivity contribution in [3.8, 4) is 5.75 Å². The molecule has 3 amide bonds. The number of aromatic hydroxyl groups is 1. The van der Waals surface area contributed by atoms with E-state index in [4.69, 9.17) is 5.73 Å². The van der Waals surface area contributed by atoms with Crippen molar-refractivity contribution in [1.82, 2.24) is 10.2 Å². The van der Waals surface area contributed by atoms with E-state index in [1.165, 1.54) is 16.9 Å². The van der Waals surface area contributed by atoms with Gasteiger partial charge in [0.05, 0.1) is 12.5 Å². The first kappa shape index (κ1) is 18.3. The molecule has 0 bridgehead atoms. The molecule has 0 aliphatic carbocycles. The van der Waals surface area contributed by atoms with E-state index >= 15 is 0 Å². The summed E-state index contributed by atoms with van der Waals surface area (Å²) < 4.78 is 0. The molecular weight excluding hydrogens is 350 g/mol. The van der Waals surface area contributed by atoms with Crippen LogP contribution in [-0.2, 0) is 4.79 Å². The van der Waals surface area contributed by atoms with E-state index in [9.17, 15) is 14.7 Å². The second-order valence-corrected chi connectivity index (χ2v) is 7.51. The van der Waals surface area contributed by atoms with Gasteiger partial charge in [0.1, 0.15) is 5.75 Å². The van der Waals surface area contributed by atoms with Crippen molar-refractivity contribution in [2.75, 3.05) is 13.1 Å². The molecule has 138 valence electrons. The summed E-state index contributed by atoms with van der Waals surface area (Å²) in [6, 6.07) is 10.1. The Hall–Kier alpha value is -2.54. The van der Waals surface area contributed by atoms with Gasteiger partial charge in [-0.15, -0.1) is 11.3 Å². The Kier molecular flexibility index (Phi) is 5.78.